The molecule has 0 bridgehead atoms. The number of Topliss-reactive ketones (excluding diaryl/α,β-unsaturated/α-hetero) is 1. The molecule has 0 saturated heterocycles. The van der Waals surface area contributed by atoms with Crippen LogP contribution in [0.25, 0.3) is 0 Å². The van der Waals surface area contributed by atoms with Crippen molar-refractivity contribution >= 4 is 11.8 Å². The van der Waals surface area contributed by atoms with Gasteiger partial charge in [-0.25, -0.2) is 4.79 Å². The van der Waals surface area contributed by atoms with Crippen LogP contribution >= 0.6 is 0 Å². The molecule has 1 aromatic rings. The van der Waals surface area contributed by atoms with Gasteiger partial charge in [0.15, 0.2) is 5.78 Å². The summed E-state index contributed by atoms with van der Waals surface area (Å²) in [6.45, 7) is 7.12. The zero-order chi connectivity index (χ0) is 15.6. The fraction of sp³-hybridized carbons (Fsp3) is 0.375. The van der Waals surface area contributed by atoms with Crippen LogP contribution in [-0.4, -0.2) is 18.4 Å². The van der Waals surface area contributed by atoms with Crippen molar-refractivity contribution in [3.63, 3.8) is 0 Å². The number of carbonyl (C=O) groups is 2. The van der Waals surface area contributed by atoms with E-state index in [9.17, 15) is 9.59 Å². The number of hydrogen-bond acceptors (Lipinski definition) is 5. The SMILES string of the molecule is CCOC(=O)C1=C(C)NC(C)=C(C(C)=O)C1c1ccco1. The maximum Gasteiger partial charge on any atom is 0.336 e. The average Bonchev–Trinajstić information content (AvgIpc) is 2.90. The van der Waals surface area contributed by atoms with Crippen LogP contribution in [0.4, 0.5) is 0 Å². The standard InChI is InChI=1S/C16H19NO4/c1-5-20-16(19)14-10(3)17-9(2)13(11(4)18)15(14)12-7-6-8-21-12/h6-8,15,17H,5H2,1-4H3. The summed E-state index contributed by atoms with van der Waals surface area (Å²) in [5.74, 6) is -0.507. The Hall–Kier alpha value is -2.30. The number of furan rings is 1. The smallest absolute Gasteiger partial charge is 0.336 e. The Labute approximate surface area is 123 Å². The number of ketones is 1. The Morgan fingerprint density at radius 1 is 1.29 bits per heavy atom. The number of rotatable bonds is 4. The molecule has 0 amide bonds. The molecule has 1 atom stereocenters. The van der Waals surface area contributed by atoms with Gasteiger partial charge in [0, 0.05) is 17.0 Å². The lowest BCUT2D eigenvalue weighted by atomic mass is 9.82. The molecule has 0 saturated carbocycles. The fourth-order valence-electron chi connectivity index (χ4n) is 2.68. The van der Waals surface area contributed by atoms with Gasteiger partial charge in [-0.1, -0.05) is 0 Å². The summed E-state index contributed by atoms with van der Waals surface area (Å²) in [6, 6.07) is 3.50. The maximum absolute atomic E-state index is 12.3. The zero-order valence-corrected chi connectivity index (χ0v) is 12.6. The van der Waals surface area contributed by atoms with E-state index in [1.54, 1.807) is 26.0 Å². The van der Waals surface area contributed by atoms with Gasteiger partial charge in [-0.05, 0) is 39.8 Å². The minimum absolute atomic E-state index is 0.101. The van der Waals surface area contributed by atoms with Crippen molar-refractivity contribution in [1.29, 1.82) is 0 Å². The summed E-state index contributed by atoms with van der Waals surface area (Å²) >= 11 is 0. The number of dihydropyridines is 1. The van der Waals surface area contributed by atoms with Gasteiger partial charge in [0.25, 0.3) is 0 Å². The van der Waals surface area contributed by atoms with Gasteiger partial charge < -0.3 is 14.5 Å². The molecule has 1 aromatic heterocycles. The van der Waals surface area contributed by atoms with E-state index in [0.29, 0.717) is 22.6 Å². The van der Waals surface area contributed by atoms with Crippen LogP contribution in [0.5, 0.6) is 0 Å². The van der Waals surface area contributed by atoms with Crippen molar-refractivity contribution in [2.75, 3.05) is 6.61 Å². The molecule has 1 aliphatic heterocycles. The lowest BCUT2D eigenvalue weighted by Gasteiger charge is -2.28. The second-order valence-corrected chi connectivity index (χ2v) is 4.93. The van der Waals surface area contributed by atoms with Gasteiger partial charge in [0.2, 0.25) is 0 Å². The normalized spacial score (nSPS) is 18.6. The molecule has 5 heteroatoms. The van der Waals surface area contributed by atoms with E-state index in [1.165, 1.54) is 13.2 Å². The van der Waals surface area contributed by atoms with Gasteiger partial charge in [0.05, 0.1) is 24.4 Å². The van der Waals surface area contributed by atoms with Crippen LogP contribution in [0.1, 0.15) is 39.4 Å². The molecular formula is C16H19NO4. The van der Waals surface area contributed by atoms with Crippen molar-refractivity contribution in [1.82, 2.24) is 5.32 Å². The van der Waals surface area contributed by atoms with Gasteiger partial charge in [-0.3, -0.25) is 4.79 Å². The molecule has 1 aliphatic rings. The quantitative estimate of drug-likeness (QED) is 0.863. The average molecular weight is 289 g/mol. The number of ether oxygens (including phenoxy) is 1. The molecule has 0 aliphatic carbocycles. The second-order valence-electron chi connectivity index (χ2n) is 4.93. The van der Waals surface area contributed by atoms with Gasteiger partial charge in [-0.15, -0.1) is 0 Å². The molecule has 1 N–H and O–H groups in total. The number of carbonyl (C=O) groups excluding carboxylic acids is 2. The second kappa shape index (κ2) is 5.99. The Morgan fingerprint density at radius 3 is 2.48 bits per heavy atom. The molecule has 2 heterocycles. The first-order valence-electron chi connectivity index (χ1n) is 6.87. The summed E-state index contributed by atoms with van der Waals surface area (Å²) < 4.78 is 10.6. The van der Waals surface area contributed by atoms with E-state index in [4.69, 9.17) is 9.15 Å². The van der Waals surface area contributed by atoms with Crippen molar-refractivity contribution in [2.45, 2.75) is 33.6 Å². The highest BCUT2D eigenvalue weighted by Crippen LogP contribution is 2.39. The molecule has 0 radical (unpaired) electrons. The highest BCUT2D eigenvalue weighted by molar-refractivity contribution is 6.01. The first kappa shape index (κ1) is 15.1. The maximum atomic E-state index is 12.3. The zero-order valence-electron chi connectivity index (χ0n) is 12.6. The first-order valence-corrected chi connectivity index (χ1v) is 6.87. The number of hydrogen-bond donors (Lipinski definition) is 1. The lowest BCUT2D eigenvalue weighted by molar-refractivity contribution is -0.138. The van der Waals surface area contributed by atoms with E-state index in [2.05, 4.69) is 5.32 Å². The van der Waals surface area contributed by atoms with Crippen molar-refractivity contribution in [3.05, 3.63) is 46.7 Å². The summed E-state index contributed by atoms with van der Waals surface area (Å²) in [5.41, 5.74) is 2.35. The van der Waals surface area contributed by atoms with E-state index >= 15 is 0 Å². The van der Waals surface area contributed by atoms with Crippen LogP contribution in [0.2, 0.25) is 0 Å². The highest BCUT2D eigenvalue weighted by Gasteiger charge is 2.37. The van der Waals surface area contributed by atoms with Crippen molar-refractivity contribution in [3.8, 4) is 0 Å². The third-order valence-electron chi connectivity index (χ3n) is 3.46. The summed E-state index contributed by atoms with van der Waals surface area (Å²) in [4.78, 5) is 24.3. The largest absolute Gasteiger partial charge is 0.468 e. The predicted molar refractivity (Wildman–Crippen MR) is 77.3 cm³/mol. The minimum Gasteiger partial charge on any atom is -0.468 e. The minimum atomic E-state index is -0.530. The Bertz CT molecular complexity index is 623. The third-order valence-corrected chi connectivity index (χ3v) is 3.46. The summed E-state index contributed by atoms with van der Waals surface area (Å²) in [7, 11) is 0. The Morgan fingerprint density at radius 2 is 1.95 bits per heavy atom. The molecule has 0 spiro atoms. The van der Waals surface area contributed by atoms with Gasteiger partial charge >= 0.3 is 5.97 Å². The summed E-state index contributed by atoms with van der Waals surface area (Å²) in [6.07, 6.45) is 1.53. The molecular weight excluding hydrogens is 270 g/mol. The van der Waals surface area contributed by atoms with Crippen LogP contribution in [0, 0.1) is 0 Å². The topological polar surface area (TPSA) is 68.5 Å². The first-order chi connectivity index (χ1) is 9.97. The predicted octanol–water partition coefficient (Wildman–Crippen LogP) is 2.67. The van der Waals surface area contributed by atoms with E-state index in [1.807, 2.05) is 6.92 Å². The molecule has 21 heavy (non-hydrogen) atoms. The van der Waals surface area contributed by atoms with Gasteiger partial charge in [0.1, 0.15) is 5.76 Å². The number of nitrogens with one attached hydrogen (secondary N) is 1. The molecule has 5 nitrogen and oxygen atoms in total. The lowest BCUT2D eigenvalue weighted by Crippen LogP contribution is -2.31. The van der Waals surface area contributed by atoms with E-state index < -0.39 is 11.9 Å². The third kappa shape index (κ3) is 2.77. The van der Waals surface area contributed by atoms with Crippen molar-refractivity contribution in [2.24, 2.45) is 0 Å². The molecule has 112 valence electrons. The highest BCUT2D eigenvalue weighted by atomic mass is 16.5. The van der Waals surface area contributed by atoms with Gasteiger partial charge in [-0.2, -0.15) is 0 Å². The van der Waals surface area contributed by atoms with Crippen LogP contribution < -0.4 is 5.32 Å². The van der Waals surface area contributed by atoms with Crippen LogP contribution in [0.15, 0.2) is 45.4 Å². The fourth-order valence-corrected chi connectivity index (χ4v) is 2.68. The van der Waals surface area contributed by atoms with Crippen molar-refractivity contribution < 1.29 is 18.7 Å². The summed E-state index contributed by atoms with van der Waals surface area (Å²) in [5, 5.41) is 3.09. The number of allylic oxidation sites excluding steroid dienone is 3. The number of esters is 1. The molecule has 0 aromatic carbocycles. The molecule has 0 fully saturated rings. The monoisotopic (exact) mass is 289 g/mol. The Balaban J connectivity index is 2.58. The van der Waals surface area contributed by atoms with Crippen LogP contribution in [0.3, 0.4) is 0 Å². The van der Waals surface area contributed by atoms with Crippen LogP contribution in [-0.2, 0) is 14.3 Å². The van der Waals surface area contributed by atoms with E-state index in [-0.39, 0.29) is 12.4 Å². The molecule has 1 unspecified atom stereocenters. The van der Waals surface area contributed by atoms with E-state index in [0.717, 1.165) is 5.70 Å². The Kier molecular flexibility index (Phi) is 4.31. The molecule has 2 rings (SSSR count).